The molecule has 1 aliphatic heterocycles. The Balaban J connectivity index is 1.65. The molecule has 6 nitrogen and oxygen atoms in total. The first-order valence-electron chi connectivity index (χ1n) is 5.41. The van der Waals surface area contributed by atoms with Crippen LogP contribution in [0.25, 0.3) is 0 Å². The van der Waals surface area contributed by atoms with Crippen LogP contribution in [0.2, 0.25) is 0 Å². The summed E-state index contributed by atoms with van der Waals surface area (Å²) in [6.07, 6.45) is 3.24. The summed E-state index contributed by atoms with van der Waals surface area (Å²) in [5.74, 6) is 0.364. The first-order valence-corrected chi connectivity index (χ1v) is 5.41. The van der Waals surface area contributed by atoms with Crippen molar-refractivity contribution in [2.45, 2.75) is 19.3 Å². The van der Waals surface area contributed by atoms with Gasteiger partial charge in [0, 0.05) is 13.0 Å². The molecule has 0 aromatic carbocycles. The Kier molecular flexibility index (Phi) is 3.54. The fourth-order valence-corrected chi connectivity index (χ4v) is 1.51. The van der Waals surface area contributed by atoms with Gasteiger partial charge >= 0.3 is 0 Å². The number of furan rings is 1. The van der Waals surface area contributed by atoms with Crippen LogP contribution in [0.15, 0.2) is 27.9 Å². The zero-order chi connectivity index (χ0) is 12.1. The van der Waals surface area contributed by atoms with Crippen molar-refractivity contribution in [3.05, 3.63) is 24.2 Å². The Morgan fingerprint density at radius 2 is 2.47 bits per heavy atom. The van der Waals surface area contributed by atoms with Gasteiger partial charge in [-0.1, -0.05) is 0 Å². The van der Waals surface area contributed by atoms with E-state index in [1.807, 2.05) is 12.1 Å². The summed E-state index contributed by atoms with van der Waals surface area (Å²) in [5.41, 5.74) is 2.48. The van der Waals surface area contributed by atoms with Gasteiger partial charge in [-0.2, -0.15) is 5.10 Å². The van der Waals surface area contributed by atoms with Crippen LogP contribution >= 0.6 is 0 Å². The minimum atomic E-state index is -0.289. The van der Waals surface area contributed by atoms with Crippen molar-refractivity contribution in [1.82, 2.24) is 10.7 Å². The second kappa shape index (κ2) is 5.29. The van der Waals surface area contributed by atoms with E-state index < -0.39 is 0 Å². The lowest BCUT2D eigenvalue weighted by atomic mass is 10.2. The third-order valence-corrected chi connectivity index (χ3v) is 2.37. The summed E-state index contributed by atoms with van der Waals surface area (Å²) in [7, 11) is 0. The van der Waals surface area contributed by atoms with Crippen LogP contribution in [0.1, 0.15) is 18.6 Å². The molecule has 0 radical (unpaired) electrons. The molecule has 0 unspecified atom stereocenters. The van der Waals surface area contributed by atoms with E-state index in [4.69, 9.17) is 4.42 Å². The molecule has 0 atom stereocenters. The first-order chi connectivity index (χ1) is 8.25. The highest BCUT2D eigenvalue weighted by Gasteiger charge is 2.20. The Labute approximate surface area is 98.1 Å². The average molecular weight is 235 g/mol. The normalized spacial score (nSPS) is 14.4. The molecular weight excluding hydrogens is 222 g/mol. The quantitative estimate of drug-likeness (QED) is 0.715. The number of aryl methyl sites for hydroxylation is 1. The van der Waals surface area contributed by atoms with E-state index in [1.54, 1.807) is 6.26 Å². The molecule has 2 rings (SSSR count). The van der Waals surface area contributed by atoms with Crippen LogP contribution in [0.3, 0.4) is 0 Å². The molecule has 90 valence electrons. The van der Waals surface area contributed by atoms with Crippen molar-refractivity contribution in [2.24, 2.45) is 5.10 Å². The number of hydrogen-bond donors (Lipinski definition) is 2. The molecule has 0 aliphatic carbocycles. The van der Waals surface area contributed by atoms with Gasteiger partial charge in [0.05, 0.1) is 12.7 Å². The molecule has 0 bridgehead atoms. The van der Waals surface area contributed by atoms with E-state index in [-0.39, 0.29) is 23.9 Å². The molecule has 0 saturated carbocycles. The largest absolute Gasteiger partial charge is 0.469 e. The van der Waals surface area contributed by atoms with Crippen molar-refractivity contribution in [1.29, 1.82) is 0 Å². The second-order valence-corrected chi connectivity index (χ2v) is 3.71. The zero-order valence-corrected chi connectivity index (χ0v) is 9.23. The summed E-state index contributed by atoms with van der Waals surface area (Å²) in [6.45, 7) is 0.534. The monoisotopic (exact) mass is 235 g/mol. The first kappa shape index (κ1) is 11.4. The van der Waals surface area contributed by atoms with Crippen LogP contribution in [0, 0.1) is 0 Å². The number of hydrogen-bond acceptors (Lipinski definition) is 4. The molecule has 2 heterocycles. The standard InChI is InChI=1S/C11H13N3O3/c15-10-7-9(13-14-10)11(16)12-5-1-3-8-4-2-6-17-8/h2,4,6H,1,3,5,7H2,(H,12,16)(H,14,15). The number of rotatable bonds is 5. The Hall–Kier alpha value is -2.11. The van der Waals surface area contributed by atoms with Crippen molar-refractivity contribution < 1.29 is 14.0 Å². The van der Waals surface area contributed by atoms with Crippen molar-refractivity contribution in [3.63, 3.8) is 0 Å². The maximum absolute atomic E-state index is 11.5. The lowest BCUT2D eigenvalue weighted by Gasteiger charge is -2.02. The fraction of sp³-hybridized carbons (Fsp3) is 0.364. The Morgan fingerprint density at radius 3 is 3.12 bits per heavy atom. The summed E-state index contributed by atoms with van der Waals surface area (Å²) >= 11 is 0. The molecule has 0 spiro atoms. The highest BCUT2D eigenvalue weighted by molar-refractivity contribution is 6.43. The summed E-state index contributed by atoms with van der Waals surface area (Å²) < 4.78 is 5.16. The zero-order valence-electron chi connectivity index (χ0n) is 9.23. The van der Waals surface area contributed by atoms with Gasteiger partial charge in [-0.3, -0.25) is 9.59 Å². The van der Waals surface area contributed by atoms with Crippen molar-refractivity contribution in [3.8, 4) is 0 Å². The minimum Gasteiger partial charge on any atom is -0.469 e. The minimum absolute atomic E-state index is 0.0595. The smallest absolute Gasteiger partial charge is 0.268 e. The van der Waals surface area contributed by atoms with Crippen LogP contribution in [0.4, 0.5) is 0 Å². The predicted octanol–water partition coefficient (Wildman–Crippen LogP) is 0.204. The van der Waals surface area contributed by atoms with Gasteiger partial charge in [0.15, 0.2) is 0 Å². The number of carbonyl (C=O) groups excluding carboxylic acids is 2. The molecule has 1 aromatic rings. The van der Waals surface area contributed by atoms with Gasteiger partial charge in [0.1, 0.15) is 11.5 Å². The maximum Gasteiger partial charge on any atom is 0.268 e. The summed E-state index contributed by atoms with van der Waals surface area (Å²) in [6, 6.07) is 3.73. The fourth-order valence-electron chi connectivity index (χ4n) is 1.51. The highest BCUT2D eigenvalue weighted by Crippen LogP contribution is 2.02. The summed E-state index contributed by atoms with van der Waals surface area (Å²) in [4.78, 5) is 22.3. The molecule has 0 fully saturated rings. The third kappa shape index (κ3) is 3.17. The lowest BCUT2D eigenvalue weighted by molar-refractivity contribution is -0.120. The van der Waals surface area contributed by atoms with Gasteiger partial charge in [0.2, 0.25) is 5.91 Å². The van der Waals surface area contributed by atoms with E-state index in [2.05, 4.69) is 15.8 Å². The van der Waals surface area contributed by atoms with Crippen LogP contribution in [0.5, 0.6) is 0 Å². The van der Waals surface area contributed by atoms with Crippen LogP contribution in [-0.4, -0.2) is 24.1 Å². The average Bonchev–Trinajstić information content (AvgIpc) is 2.95. The second-order valence-electron chi connectivity index (χ2n) is 3.71. The Morgan fingerprint density at radius 1 is 1.59 bits per heavy atom. The van der Waals surface area contributed by atoms with E-state index >= 15 is 0 Å². The van der Waals surface area contributed by atoms with Gasteiger partial charge in [-0.25, -0.2) is 5.43 Å². The number of nitrogens with zero attached hydrogens (tertiary/aromatic N) is 1. The van der Waals surface area contributed by atoms with E-state index in [0.29, 0.717) is 6.54 Å². The topological polar surface area (TPSA) is 83.7 Å². The third-order valence-electron chi connectivity index (χ3n) is 2.37. The number of amides is 2. The molecule has 6 heteroatoms. The SMILES string of the molecule is O=C1CC(C(=O)NCCCc2ccco2)=NN1. The highest BCUT2D eigenvalue weighted by atomic mass is 16.3. The lowest BCUT2D eigenvalue weighted by Crippen LogP contribution is -2.31. The molecule has 2 N–H and O–H groups in total. The van der Waals surface area contributed by atoms with E-state index in [1.165, 1.54) is 0 Å². The molecule has 1 aromatic heterocycles. The van der Waals surface area contributed by atoms with Crippen LogP contribution in [-0.2, 0) is 16.0 Å². The van der Waals surface area contributed by atoms with Crippen LogP contribution < -0.4 is 10.7 Å². The van der Waals surface area contributed by atoms with E-state index in [9.17, 15) is 9.59 Å². The Bertz CT molecular complexity index is 437. The maximum atomic E-state index is 11.5. The van der Waals surface area contributed by atoms with Crippen molar-refractivity contribution in [2.75, 3.05) is 6.54 Å². The predicted molar refractivity (Wildman–Crippen MR) is 60.2 cm³/mol. The van der Waals surface area contributed by atoms with E-state index in [0.717, 1.165) is 18.6 Å². The van der Waals surface area contributed by atoms with Gasteiger partial charge in [-0.05, 0) is 18.6 Å². The molecule has 1 aliphatic rings. The van der Waals surface area contributed by atoms with Gasteiger partial charge in [-0.15, -0.1) is 0 Å². The van der Waals surface area contributed by atoms with Gasteiger partial charge < -0.3 is 9.73 Å². The number of nitrogens with one attached hydrogen (secondary N) is 2. The molecular formula is C11H13N3O3. The molecule has 2 amide bonds. The molecule has 0 saturated heterocycles. The molecule has 17 heavy (non-hydrogen) atoms. The number of hydrazone groups is 1. The van der Waals surface area contributed by atoms with Gasteiger partial charge in [0.25, 0.3) is 5.91 Å². The van der Waals surface area contributed by atoms with Crippen molar-refractivity contribution >= 4 is 17.5 Å². The number of carbonyl (C=O) groups is 2. The summed E-state index contributed by atoms with van der Waals surface area (Å²) in [5, 5.41) is 6.34.